The first kappa shape index (κ1) is 13.8. The molecule has 0 amide bonds. The lowest BCUT2D eigenvalue weighted by Crippen LogP contribution is -2.43. The Bertz CT molecular complexity index is 478. The van der Waals surface area contributed by atoms with Gasteiger partial charge in [-0.1, -0.05) is 24.7 Å². The quantitative estimate of drug-likeness (QED) is 0.880. The zero-order valence-electron chi connectivity index (χ0n) is 10.6. The maximum atomic E-state index is 12.0. The highest BCUT2D eigenvalue weighted by atomic mass is 32.2. The summed E-state index contributed by atoms with van der Waals surface area (Å²) in [6.45, 7) is 5.63. The largest absolute Gasteiger partial charge is 0.346 e. The second-order valence-electron chi connectivity index (χ2n) is 4.37. The number of aromatic nitrogens is 1. The molecular weight excluding hydrogens is 270 g/mol. The second kappa shape index (κ2) is 5.99. The van der Waals surface area contributed by atoms with Crippen LogP contribution in [-0.4, -0.2) is 45.3 Å². The molecule has 1 aliphatic heterocycles. The van der Waals surface area contributed by atoms with E-state index < -0.39 is 9.84 Å². The van der Waals surface area contributed by atoms with Crippen molar-refractivity contribution in [3.8, 4) is 0 Å². The van der Waals surface area contributed by atoms with Crippen molar-refractivity contribution in [1.29, 1.82) is 0 Å². The molecule has 7 heteroatoms. The molecule has 0 atom stereocenters. The number of nitrogens with zero attached hydrogens (tertiary/aromatic N) is 2. The van der Waals surface area contributed by atoms with Gasteiger partial charge in [-0.25, -0.2) is 13.4 Å². The maximum Gasteiger partial charge on any atom is 0.189 e. The predicted molar refractivity (Wildman–Crippen MR) is 74.2 cm³/mol. The fourth-order valence-electron chi connectivity index (χ4n) is 1.83. The van der Waals surface area contributed by atoms with Crippen LogP contribution in [0.1, 0.15) is 19.8 Å². The van der Waals surface area contributed by atoms with Gasteiger partial charge in [0.25, 0.3) is 0 Å². The van der Waals surface area contributed by atoms with Gasteiger partial charge >= 0.3 is 0 Å². The van der Waals surface area contributed by atoms with E-state index >= 15 is 0 Å². The van der Waals surface area contributed by atoms with Crippen molar-refractivity contribution in [3.63, 3.8) is 0 Å². The Labute approximate surface area is 112 Å². The van der Waals surface area contributed by atoms with Crippen molar-refractivity contribution in [1.82, 2.24) is 10.3 Å². The normalized spacial score (nSPS) is 17.1. The number of thiazole rings is 1. The molecule has 0 saturated carbocycles. The molecule has 0 aromatic carbocycles. The Hall–Kier alpha value is -0.660. The number of hydrogen-bond acceptors (Lipinski definition) is 6. The Morgan fingerprint density at radius 1 is 1.44 bits per heavy atom. The molecular formula is C11H19N3O2S2. The third-order valence-corrected chi connectivity index (χ3v) is 6.34. The molecule has 1 fully saturated rings. The molecule has 0 unspecified atom stereocenters. The van der Waals surface area contributed by atoms with E-state index in [1.165, 1.54) is 17.5 Å². The maximum absolute atomic E-state index is 12.0. The zero-order chi connectivity index (χ0) is 13.0. The fraction of sp³-hybridized carbons (Fsp3) is 0.727. The summed E-state index contributed by atoms with van der Waals surface area (Å²) in [4.78, 5) is 6.39. The number of nitrogens with one attached hydrogen (secondary N) is 1. The lowest BCUT2D eigenvalue weighted by molar-refractivity contribution is 0.588. The summed E-state index contributed by atoms with van der Waals surface area (Å²) in [6.07, 6.45) is 3.11. The van der Waals surface area contributed by atoms with Crippen LogP contribution in [0, 0.1) is 0 Å². The van der Waals surface area contributed by atoms with Crippen LogP contribution >= 0.6 is 11.3 Å². The van der Waals surface area contributed by atoms with Gasteiger partial charge in [-0.15, -0.1) is 0 Å². The highest BCUT2D eigenvalue weighted by molar-refractivity contribution is 7.93. The fourth-order valence-corrected chi connectivity index (χ4v) is 4.60. The molecule has 1 aromatic heterocycles. The van der Waals surface area contributed by atoms with Gasteiger partial charge in [0.1, 0.15) is 4.21 Å². The monoisotopic (exact) mass is 289 g/mol. The van der Waals surface area contributed by atoms with Crippen molar-refractivity contribution in [2.45, 2.75) is 24.0 Å². The average Bonchev–Trinajstić information content (AvgIpc) is 2.88. The number of anilines is 1. The van der Waals surface area contributed by atoms with Gasteiger partial charge in [0.15, 0.2) is 15.0 Å². The van der Waals surface area contributed by atoms with Crippen LogP contribution in [0.2, 0.25) is 0 Å². The summed E-state index contributed by atoms with van der Waals surface area (Å²) in [5, 5.41) is 4.09. The average molecular weight is 289 g/mol. The first-order valence-electron chi connectivity index (χ1n) is 6.28. The van der Waals surface area contributed by atoms with Crippen molar-refractivity contribution in [3.05, 3.63) is 6.20 Å². The lowest BCUT2D eigenvalue weighted by atomic mass is 10.4. The number of rotatable bonds is 5. The molecule has 2 heterocycles. The summed E-state index contributed by atoms with van der Waals surface area (Å²) in [5.41, 5.74) is 0. The highest BCUT2D eigenvalue weighted by Crippen LogP contribution is 2.27. The van der Waals surface area contributed by atoms with Crippen LogP contribution in [0.25, 0.3) is 0 Å². The van der Waals surface area contributed by atoms with Gasteiger partial charge in [0, 0.05) is 26.2 Å². The van der Waals surface area contributed by atoms with Gasteiger partial charge in [-0.2, -0.15) is 0 Å². The zero-order valence-corrected chi connectivity index (χ0v) is 12.2. The van der Waals surface area contributed by atoms with Crippen molar-refractivity contribution in [2.24, 2.45) is 0 Å². The van der Waals surface area contributed by atoms with Crippen molar-refractivity contribution >= 4 is 26.3 Å². The summed E-state index contributed by atoms with van der Waals surface area (Å²) in [5.74, 6) is 0.229. The van der Waals surface area contributed by atoms with E-state index in [1.807, 2.05) is 6.92 Å². The molecule has 0 aliphatic carbocycles. The molecule has 1 saturated heterocycles. The summed E-state index contributed by atoms with van der Waals surface area (Å²) in [7, 11) is -3.13. The number of unbranched alkanes of at least 4 members (excludes halogenated alkanes) is 1. The summed E-state index contributed by atoms with van der Waals surface area (Å²) < 4.78 is 24.5. The van der Waals surface area contributed by atoms with Crippen LogP contribution in [0.5, 0.6) is 0 Å². The van der Waals surface area contributed by atoms with E-state index in [2.05, 4.69) is 15.2 Å². The van der Waals surface area contributed by atoms with Crippen molar-refractivity contribution < 1.29 is 8.42 Å². The molecule has 0 spiro atoms. The van der Waals surface area contributed by atoms with Gasteiger partial charge < -0.3 is 10.2 Å². The van der Waals surface area contributed by atoms with Crippen LogP contribution < -0.4 is 10.2 Å². The highest BCUT2D eigenvalue weighted by Gasteiger charge is 2.20. The van der Waals surface area contributed by atoms with E-state index in [-0.39, 0.29) is 5.75 Å². The van der Waals surface area contributed by atoms with Gasteiger partial charge in [0.2, 0.25) is 0 Å². The van der Waals surface area contributed by atoms with Crippen molar-refractivity contribution in [2.75, 3.05) is 36.8 Å². The summed E-state index contributed by atoms with van der Waals surface area (Å²) >= 11 is 1.30. The Morgan fingerprint density at radius 2 is 2.17 bits per heavy atom. The van der Waals surface area contributed by atoms with E-state index in [1.54, 1.807) is 0 Å². The minimum absolute atomic E-state index is 0.229. The smallest absolute Gasteiger partial charge is 0.189 e. The third kappa shape index (κ3) is 3.21. The second-order valence-corrected chi connectivity index (χ2v) is 7.72. The number of sulfone groups is 1. The first-order chi connectivity index (χ1) is 8.63. The van der Waals surface area contributed by atoms with Crippen LogP contribution in [0.4, 0.5) is 5.13 Å². The van der Waals surface area contributed by atoms with Gasteiger partial charge in [0.05, 0.1) is 11.9 Å². The van der Waals surface area contributed by atoms with Crippen LogP contribution in [0.3, 0.4) is 0 Å². The number of piperazine rings is 1. The Balaban J connectivity index is 2.09. The molecule has 0 radical (unpaired) electrons. The van der Waals surface area contributed by atoms with Crippen LogP contribution in [-0.2, 0) is 9.84 Å². The molecule has 0 bridgehead atoms. The molecule has 102 valence electrons. The first-order valence-corrected chi connectivity index (χ1v) is 8.74. The molecule has 1 aliphatic rings. The predicted octanol–water partition coefficient (Wildman–Crippen LogP) is 1.13. The molecule has 2 rings (SSSR count). The SMILES string of the molecule is CCCCS(=O)(=O)c1cnc(N2CCNCC2)s1. The van der Waals surface area contributed by atoms with E-state index in [0.29, 0.717) is 10.6 Å². The minimum Gasteiger partial charge on any atom is -0.346 e. The Kier molecular flexibility index (Phi) is 4.58. The van der Waals surface area contributed by atoms with Gasteiger partial charge in [-0.3, -0.25) is 0 Å². The van der Waals surface area contributed by atoms with E-state index in [9.17, 15) is 8.42 Å². The molecule has 1 N–H and O–H groups in total. The van der Waals surface area contributed by atoms with Crippen LogP contribution in [0.15, 0.2) is 10.4 Å². The van der Waals surface area contributed by atoms with Gasteiger partial charge in [-0.05, 0) is 6.42 Å². The van der Waals surface area contributed by atoms with E-state index in [4.69, 9.17) is 0 Å². The molecule has 1 aromatic rings. The number of hydrogen-bond donors (Lipinski definition) is 1. The van der Waals surface area contributed by atoms with E-state index in [0.717, 1.165) is 37.7 Å². The summed E-state index contributed by atoms with van der Waals surface area (Å²) in [6, 6.07) is 0. The molecule has 5 nitrogen and oxygen atoms in total. The third-order valence-electron chi connectivity index (χ3n) is 2.93. The standard InChI is InChI=1S/C11H19N3O2S2/c1-2-3-8-18(15,16)10-9-13-11(17-10)14-6-4-12-5-7-14/h9,12H,2-8H2,1H3. The Morgan fingerprint density at radius 3 is 2.83 bits per heavy atom. The lowest BCUT2D eigenvalue weighted by Gasteiger charge is -2.26. The molecule has 18 heavy (non-hydrogen) atoms. The topological polar surface area (TPSA) is 62.3 Å². The minimum atomic E-state index is -3.13.